The molecule has 0 saturated carbocycles. The number of carbonyl (C=O) groups excluding carboxylic acids is 1. The maximum absolute atomic E-state index is 12.4. The number of halogens is 4. The van der Waals surface area contributed by atoms with E-state index in [0.29, 0.717) is 17.7 Å². The second kappa shape index (κ2) is 11.0. The minimum Gasteiger partial charge on any atom is -0.482 e. The molecule has 198 valence electrons. The van der Waals surface area contributed by atoms with Crippen molar-refractivity contribution in [2.45, 2.75) is 32.2 Å². The second-order valence-corrected chi connectivity index (χ2v) is 9.41. The molecular formula is C25H27ClF3N5O3. The van der Waals surface area contributed by atoms with Gasteiger partial charge in [0.25, 0.3) is 5.91 Å². The first-order chi connectivity index (χ1) is 17.5. The molecule has 2 aromatic carbocycles. The Balaban J connectivity index is 1.38. The predicted molar refractivity (Wildman–Crippen MR) is 135 cm³/mol. The lowest BCUT2D eigenvalue weighted by molar-refractivity contribution is -0.274. The average Bonchev–Trinajstić information content (AvgIpc) is 2.83. The van der Waals surface area contributed by atoms with Crippen molar-refractivity contribution >= 4 is 40.0 Å². The van der Waals surface area contributed by atoms with Gasteiger partial charge in [-0.05, 0) is 64.2 Å². The van der Waals surface area contributed by atoms with E-state index in [1.165, 1.54) is 6.07 Å². The number of alkyl halides is 3. The molecule has 3 aromatic rings. The number of aromatic nitrogens is 2. The Bertz CT molecular complexity index is 1280. The number of hydrogen-bond donors (Lipinski definition) is 1. The number of nitrogens with zero attached hydrogens (tertiary/aromatic N) is 4. The Morgan fingerprint density at radius 2 is 1.89 bits per heavy atom. The highest BCUT2D eigenvalue weighted by Crippen LogP contribution is 2.32. The zero-order valence-corrected chi connectivity index (χ0v) is 21.4. The van der Waals surface area contributed by atoms with E-state index in [1.807, 2.05) is 13.0 Å². The SMILES string of the molecule is Cc1nc(N2CCC(N(C)C)CC2)nc2ccc(NC(=O)COc3ccc(OC(F)(F)F)cc3Cl)cc12. The van der Waals surface area contributed by atoms with Crippen LogP contribution in [0.25, 0.3) is 10.9 Å². The minimum absolute atomic E-state index is 0.0521. The molecule has 8 nitrogen and oxygen atoms in total. The number of piperidine rings is 1. The predicted octanol–water partition coefficient (Wildman–Crippen LogP) is 5.04. The van der Waals surface area contributed by atoms with Crippen molar-refractivity contribution in [3.05, 3.63) is 47.1 Å². The molecule has 1 aliphatic rings. The van der Waals surface area contributed by atoms with Crippen LogP contribution in [0.15, 0.2) is 36.4 Å². The van der Waals surface area contributed by atoms with Crippen LogP contribution in [0.3, 0.4) is 0 Å². The van der Waals surface area contributed by atoms with Crippen LogP contribution in [0.2, 0.25) is 5.02 Å². The third kappa shape index (κ3) is 6.92. The molecular weight excluding hydrogens is 511 g/mol. The van der Waals surface area contributed by atoms with Gasteiger partial charge in [-0.15, -0.1) is 13.2 Å². The molecule has 1 aromatic heterocycles. The number of amides is 1. The standard InChI is InChI=1S/C25H27ClF3N5O3/c1-15-19-12-16(4-6-21(19)32-24(30-15)34-10-8-17(9-11-34)33(2)3)31-23(35)14-36-22-7-5-18(13-20(22)26)37-25(27,28)29/h4-7,12-13,17H,8-11,14H2,1-3H3,(H,31,35). The van der Waals surface area contributed by atoms with Crippen LogP contribution in [0, 0.1) is 6.92 Å². The summed E-state index contributed by atoms with van der Waals surface area (Å²) in [5.41, 5.74) is 2.11. The molecule has 0 unspecified atom stereocenters. The van der Waals surface area contributed by atoms with Crippen LogP contribution < -0.4 is 19.7 Å². The molecule has 1 aliphatic heterocycles. The van der Waals surface area contributed by atoms with Gasteiger partial charge in [-0.25, -0.2) is 9.97 Å². The van der Waals surface area contributed by atoms with Crippen molar-refractivity contribution in [1.29, 1.82) is 0 Å². The number of rotatable bonds is 7. The Morgan fingerprint density at radius 3 is 2.54 bits per heavy atom. The van der Waals surface area contributed by atoms with Crippen molar-refractivity contribution in [3.63, 3.8) is 0 Å². The van der Waals surface area contributed by atoms with Gasteiger partial charge in [-0.2, -0.15) is 0 Å². The van der Waals surface area contributed by atoms with Crippen LogP contribution in [-0.4, -0.2) is 67.0 Å². The van der Waals surface area contributed by atoms with Gasteiger partial charge in [0.2, 0.25) is 5.95 Å². The fraction of sp³-hybridized carbons (Fsp3) is 0.400. The number of hydrogen-bond acceptors (Lipinski definition) is 7. The highest BCUT2D eigenvalue weighted by atomic mass is 35.5. The van der Waals surface area contributed by atoms with E-state index in [1.54, 1.807) is 12.1 Å². The summed E-state index contributed by atoms with van der Waals surface area (Å²) in [7, 11) is 4.20. The summed E-state index contributed by atoms with van der Waals surface area (Å²) in [4.78, 5) is 26.3. The molecule has 1 amide bonds. The number of carbonyl (C=O) groups is 1. The molecule has 37 heavy (non-hydrogen) atoms. The third-order valence-corrected chi connectivity index (χ3v) is 6.43. The maximum Gasteiger partial charge on any atom is 0.573 e. The molecule has 1 N–H and O–H groups in total. The van der Waals surface area contributed by atoms with Gasteiger partial charge in [0, 0.05) is 36.3 Å². The summed E-state index contributed by atoms with van der Waals surface area (Å²) in [6, 6.07) is 9.14. The van der Waals surface area contributed by atoms with E-state index < -0.39 is 24.6 Å². The molecule has 1 saturated heterocycles. The molecule has 2 heterocycles. The lowest BCUT2D eigenvalue weighted by Gasteiger charge is -2.35. The first kappa shape index (κ1) is 26.7. The molecule has 0 radical (unpaired) electrons. The van der Waals surface area contributed by atoms with E-state index in [-0.39, 0.29) is 10.8 Å². The fourth-order valence-corrected chi connectivity index (χ4v) is 4.43. The first-order valence-electron chi connectivity index (χ1n) is 11.7. The second-order valence-electron chi connectivity index (χ2n) is 9.00. The van der Waals surface area contributed by atoms with E-state index in [9.17, 15) is 18.0 Å². The number of benzene rings is 2. The Morgan fingerprint density at radius 1 is 1.16 bits per heavy atom. The minimum atomic E-state index is -4.83. The molecule has 1 fully saturated rings. The molecule has 0 aliphatic carbocycles. The highest BCUT2D eigenvalue weighted by Gasteiger charge is 2.31. The number of anilines is 2. The lowest BCUT2D eigenvalue weighted by Crippen LogP contribution is -2.42. The highest BCUT2D eigenvalue weighted by molar-refractivity contribution is 6.32. The van der Waals surface area contributed by atoms with E-state index in [4.69, 9.17) is 26.3 Å². The zero-order valence-electron chi connectivity index (χ0n) is 20.6. The zero-order chi connectivity index (χ0) is 26.7. The van der Waals surface area contributed by atoms with E-state index >= 15 is 0 Å². The number of ether oxygens (including phenoxy) is 2. The number of fused-ring (bicyclic) bond motifs is 1. The van der Waals surface area contributed by atoms with Crippen LogP contribution in [-0.2, 0) is 4.79 Å². The van der Waals surface area contributed by atoms with E-state index in [2.05, 4.69) is 33.9 Å². The summed E-state index contributed by atoms with van der Waals surface area (Å²) in [6.07, 6.45) is -2.73. The van der Waals surface area contributed by atoms with Gasteiger partial charge in [0.05, 0.1) is 16.2 Å². The Labute approximate surface area is 217 Å². The quantitative estimate of drug-likeness (QED) is 0.452. The van der Waals surface area contributed by atoms with Gasteiger partial charge < -0.3 is 24.6 Å². The van der Waals surface area contributed by atoms with Crippen molar-refractivity contribution in [2.24, 2.45) is 0 Å². The van der Waals surface area contributed by atoms with E-state index in [0.717, 1.165) is 54.7 Å². The summed E-state index contributed by atoms with van der Waals surface area (Å²) < 4.78 is 46.2. The molecule has 0 atom stereocenters. The van der Waals surface area contributed by atoms with Gasteiger partial charge >= 0.3 is 6.36 Å². The van der Waals surface area contributed by atoms with Gasteiger partial charge in [-0.3, -0.25) is 4.79 Å². The van der Waals surface area contributed by atoms with Crippen LogP contribution in [0.5, 0.6) is 11.5 Å². The van der Waals surface area contributed by atoms with Gasteiger partial charge in [0.1, 0.15) is 11.5 Å². The maximum atomic E-state index is 12.4. The van der Waals surface area contributed by atoms with Crippen LogP contribution in [0.1, 0.15) is 18.5 Å². The van der Waals surface area contributed by atoms with Gasteiger partial charge in [-0.1, -0.05) is 11.6 Å². The van der Waals surface area contributed by atoms with Crippen molar-refractivity contribution in [3.8, 4) is 11.5 Å². The lowest BCUT2D eigenvalue weighted by atomic mass is 10.0. The summed E-state index contributed by atoms with van der Waals surface area (Å²) in [6.45, 7) is 3.30. The smallest absolute Gasteiger partial charge is 0.482 e. The molecule has 0 spiro atoms. The average molecular weight is 538 g/mol. The molecule has 4 rings (SSSR count). The topological polar surface area (TPSA) is 79.8 Å². The van der Waals surface area contributed by atoms with Gasteiger partial charge in [0.15, 0.2) is 6.61 Å². The summed E-state index contributed by atoms with van der Waals surface area (Å²) >= 11 is 5.95. The largest absolute Gasteiger partial charge is 0.573 e. The molecule has 0 bridgehead atoms. The van der Waals surface area contributed by atoms with Crippen molar-refractivity contribution in [2.75, 3.05) is 44.0 Å². The van der Waals surface area contributed by atoms with Crippen LogP contribution in [0.4, 0.5) is 24.8 Å². The summed E-state index contributed by atoms with van der Waals surface area (Å²) in [5, 5.41) is 3.43. The van der Waals surface area contributed by atoms with Crippen molar-refractivity contribution in [1.82, 2.24) is 14.9 Å². The normalized spacial score (nSPS) is 14.8. The monoisotopic (exact) mass is 537 g/mol. The molecule has 12 heteroatoms. The summed E-state index contributed by atoms with van der Waals surface area (Å²) in [5.74, 6) is -0.193. The van der Waals surface area contributed by atoms with Crippen molar-refractivity contribution < 1.29 is 27.4 Å². The number of aryl methyl sites for hydroxylation is 1. The third-order valence-electron chi connectivity index (χ3n) is 6.13. The Kier molecular flexibility index (Phi) is 7.93. The first-order valence-corrected chi connectivity index (χ1v) is 12.0. The Hall–Kier alpha value is -3.31. The van der Waals surface area contributed by atoms with Crippen LogP contribution >= 0.6 is 11.6 Å². The number of nitrogens with one attached hydrogen (secondary N) is 1. The fourth-order valence-electron chi connectivity index (χ4n) is 4.20.